The van der Waals surface area contributed by atoms with E-state index in [0.29, 0.717) is 13.0 Å². The lowest BCUT2D eigenvalue weighted by Gasteiger charge is -2.21. The number of rotatable bonds is 8. The Balaban J connectivity index is 1.61. The smallest absolute Gasteiger partial charge is 0.328 e. The van der Waals surface area contributed by atoms with Gasteiger partial charge in [-0.05, 0) is 30.2 Å². The van der Waals surface area contributed by atoms with Crippen LogP contribution < -0.4 is 5.32 Å². The lowest BCUT2D eigenvalue weighted by atomic mass is 9.99. The van der Waals surface area contributed by atoms with Gasteiger partial charge in [-0.1, -0.05) is 42.5 Å². The molecule has 0 radical (unpaired) electrons. The van der Waals surface area contributed by atoms with E-state index in [1.807, 2.05) is 30.3 Å². The third-order valence-electron chi connectivity index (χ3n) is 5.10. The van der Waals surface area contributed by atoms with Crippen molar-refractivity contribution in [3.8, 4) is 5.75 Å². The Bertz CT molecular complexity index is 882. The molecule has 2 N–H and O–H groups in total. The second-order valence-corrected chi connectivity index (χ2v) is 7.33. The van der Waals surface area contributed by atoms with Crippen molar-refractivity contribution in [2.45, 2.75) is 31.7 Å². The number of ether oxygens (including phenoxy) is 1. The first kappa shape index (κ1) is 21.4. The van der Waals surface area contributed by atoms with Crippen LogP contribution in [0.1, 0.15) is 30.4 Å². The number of carbonyl (C=O) groups is 3. The topological polar surface area (TPSA) is 95.9 Å². The summed E-state index contributed by atoms with van der Waals surface area (Å²) in [4.78, 5) is 38.8. The molecule has 7 nitrogen and oxygen atoms in total. The highest BCUT2D eigenvalue weighted by molar-refractivity contribution is 5.89. The molecular weight excluding hydrogens is 384 g/mol. The van der Waals surface area contributed by atoms with E-state index >= 15 is 0 Å². The summed E-state index contributed by atoms with van der Waals surface area (Å²) >= 11 is 0. The molecule has 2 aromatic rings. The Morgan fingerprint density at radius 3 is 2.53 bits per heavy atom. The number of phenols is 1. The van der Waals surface area contributed by atoms with Gasteiger partial charge in [-0.2, -0.15) is 0 Å². The van der Waals surface area contributed by atoms with Crippen molar-refractivity contribution in [2.75, 3.05) is 19.7 Å². The van der Waals surface area contributed by atoms with E-state index in [4.69, 9.17) is 4.74 Å². The molecule has 0 spiro atoms. The van der Waals surface area contributed by atoms with Crippen molar-refractivity contribution < 1.29 is 24.2 Å². The number of benzene rings is 2. The molecule has 1 fully saturated rings. The van der Waals surface area contributed by atoms with Crippen LogP contribution in [0.25, 0.3) is 0 Å². The van der Waals surface area contributed by atoms with Gasteiger partial charge in [0.2, 0.25) is 11.8 Å². The number of esters is 1. The highest BCUT2D eigenvalue weighted by Crippen LogP contribution is 2.27. The Labute approximate surface area is 175 Å². The summed E-state index contributed by atoms with van der Waals surface area (Å²) in [6.45, 7) is 2.26. The number of phenolic OH excluding ortho intramolecular Hbond substituents is 1. The van der Waals surface area contributed by atoms with E-state index in [9.17, 15) is 19.5 Å². The molecule has 0 bridgehead atoms. The van der Waals surface area contributed by atoms with Gasteiger partial charge in [0.1, 0.15) is 11.8 Å². The van der Waals surface area contributed by atoms with Crippen LogP contribution in [0.2, 0.25) is 0 Å². The number of aromatic hydroxyl groups is 1. The first-order valence-electron chi connectivity index (χ1n) is 10.0. The van der Waals surface area contributed by atoms with Crippen LogP contribution in [0.3, 0.4) is 0 Å². The Hall–Kier alpha value is -3.35. The molecule has 1 unspecified atom stereocenters. The number of nitrogens with one attached hydrogen (secondary N) is 1. The SMILES string of the molecule is CCOC(=O)[C@@H](Cc1ccc(O)cc1)NC(=O)CN1CC(c2ccccc2)CC1=O. The van der Waals surface area contributed by atoms with Gasteiger partial charge in [0, 0.05) is 25.3 Å². The van der Waals surface area contributed by atoms with Gasteiger partial charge in [0.15, 0.2) is 0 Å². The van der Waals surface area contributed by atoms with Crippen molar-refractivity contribution in [3.05, 3.63) is 65.7 Å². The second-order valence-electron chi connectivity index (χ2n) is 7.33. The Morgan fingerprint density at radius 2 is 1.87 bits per heavy atom. The van der Waals surface area contributed by atoms with Gasteiger partial charge in [0.05, 0.1) is 13.2 Å². The lowest BCUT2D eigenvalue weighted by molar-refractivity contribution is -0.147. The monoisotopic (exact) mass is 410 g/mol. The molecule has 0 saturated carbocycles. The number of amides is 2. The van der Waals surface area contributed by atoms with Crippen LogP contribution >= 0.6 is 0 Å². The fourth-order valence-corrected chi connectivity index (χ4v) is 3.59. The van der Waals surface area contributed by atoms with Gasteiger partial charge < -0.3 is 20.1 Å². The minimum Gasteiger partial charge on any atom is -0.508 e. The first-order valence-corrected chi connectivity index (χ1v) is 10.0. The predicted molar refractivity (Wildman–Crippen MR) is 111 cm³/mol. The maximum atomic E-state index is 12.6. The minimum absolute atomic E-state index is 0.0596. The minimum atomic E-state index is -0.871. The molecule has 30 heavy (non-hydrogen) atoms. The van der Waals surface area contributed by atoms with Gasteiger partial charge in [-0.25, -0.2) is 4.79 Å². The Kier molecular flexibility index (Phi) is 7.06. The van der Waals surface area contributed by atoms with E-state index < -0.39 is 17.9 Å². The summed E-state index contributed by atoms with van der Waals surface area (Å²) in [6, 6.07) is 15.3. The van der Waals surface area contributed by atoms with Gasteiger partial charge in [-0.3, -0.25) is 9.59 Å². The summed E-state index contributed by atoms with van der Waals surface area (Å²) in [6.07, 6.45) is 0.595. The number of hydrogen-bond acceptors (Lipinski definition) is 5. The molecule has 158 valence electrons. The molecule has 2 aromatic carbocycles. The van der Waals surface area contributed by atoms with Crippen LogP contribution in [-0.2, 0) is 25.5 Å². The van der Waals surface area contributed by atoms with Crippen molar-refractivity contribution in [3.63, 3.8) is 0 Å². The van der Waals surface area contributed by atoms with Crippen molar-refractivity contribution in [2.24, 2.45) is 0 Å². The molecule has 1 aliphatic rings. The predicted octanol–water partition coefficient (Wildman–Crippen LogP) is 2.00. The van der Waals surface area contributed by atoms with Crippen LogP contribution in [0.5, 0.6) is 5.75 Å². The van der Waals surface area contributed by atoms with Gasteiger partial charge in [-0.15, -0.1) is 0 Å². The third-order valence-corrected chi connectivity index (χ3v) is 5.10. The van der Waals surface area contributed by atoms with E-state index in [1.54, 1.807) is 19.1 Å². The zero-order valence-corrected chi connectivity index (χ0v) is 16.9. The number of likely N-dealkylation sites (tertiary alicyclic amines) is 1. The molecule has 1 aliphatic heterocycles. The summed E-state index contributed by atoms with van der Waals surface area (Å²) in [5.41, 5.74) is 1.85. The molecule has 0 aliphatic carbocycles. The average Bonchev–Trinajstić information content (AvgIpc) is 3.10. The Morgan fingerprint density at radius 1 is 1.17 bits per heavy atom. The summed E-state index contributed by atoms with van der Waals surface area (Å²) in [5.74, 6) is -0.840. The second kappa shape index (κ2) is 9.91. The van der Waals surface area contributed by atoms with Crippen molar-refractivity contribution in [1.82, 2.24) is 10.2 Å². The van der Waals surface area contributed by atoms with Crippen LogP contribution in [0.4, 0.5) is 0 Å². The highest BCUT2D eigenvalue weighted by atomic mass is 16.5. The molecule has 7 heteroatoms. The highest BCUT2D eigenvalue weighted by Gasteiger charge is 2.32. The van der Waals surface area contributed by atoms with Crippen LogP contribution in [0.15, 0.2) is 54.6 Å². The standard InChI is InChI=1S/C23H26N2O5/c1-2-30-23(29)20(12-16-8-10-19(26)11-9-16)24-21(27)15-25-14-18(13-22(25)28)17-6-4-3-5-7-17/h3-11,18,20,26H,2,12-15H2,1H3,(H,24,27)/t18?,20-/m1/s1. The molecule has 1 heterocycles. The molecular formula is C23H26N2O5. The van der Waals surface area contributed by atoms with E-state index in [1.165, 1.54) is 17.0 Å². The van der Waals surface area contributed by atoms with Gasteiger partial charge >= 0.3 is 5.97 Å². The lowest BCUT2D eigenvalue weighted by Crippen LogP contribution is -2.47. The largest absolute Gasteiger partial charge is 0.508 e. The summed E-state index contributed by atoms with van der Waals surface area (Å²) < 4.78 is 5.08. The van der Waals surface area contributed by atoms with E-state index in [2.05, 4.69) is 5.32 Å². The van der Waals surface area contributed by atoms with E-state index in [0.717, 1.165) is 11.1 Å². The zero-order chi connectivity index (χ0) is 21.5. The molecule has 3 rings (SSSR count). The number of carbonyl (C=O) groups excluding carboxylic acids is 3. The maximum absolute atomic E-state index is 12.6. The fourth-order valence-electron chi connectivity index (χ4n) is 3.59. The zero-order valence-electron chi connectivity index (χ0n) is 16.9. The van der Waals surface area contributed by atoms with Gasteiger partial charge in [0.25, 0.3) is 0 Å². The third kappa shape index (κ3) is 5.59. The fraction of sp³-hybridized carbons (Fsp3) is 0.348. The normalized spacial score (nSPS) is 16.9. The van der Waals surface area contributed by atoms with Crippen molar-refractivity contribution in [1.29, 1.82) is 0 Å². The van der Waals surface area contributed by atoms with E-state index in [-0.39, 0.29) is 37.1 Å². The number of nitrogens with zero attached hydrogens (tertiary/aromatic N) is 1. The molecule has 2 atom stereocenters. The maximum Gasteiger partial charge on any atom is 0.328 e. The van der Waals surface area contributed by atoms with Crippen LogP contribution in [-0.4, -0.2) is 53.5 Å². The van der Waals surface area contributed by atoms with Crippen molar-refractivity contribution >= 4 is 17.8 Å². The molecule has 0 aromatic heterocycles. The first-order chi connectivity index (χ1) is 14.5. The molecule has 2 amide bonds. The van der Waals surface area contributed by atoms with Crippen LogP contribution in [0, 0.1) is 0 Å². The average molecular weight is 410 g/mol. The quantitative estimate of drug-likeness (QED) is 0.649. The summed E-state index contributed by atoms with van der Waals surface area (Å²) in [7, 11) is 0. The molecule has 1 saturated heterocycles. The number of hydrogen-bond donors (Lipinski definition) is 2. The summed E-state index contributed by atoms with van der Waals surface area (Å²) in [5, 5.41) is 12.1.